The normalized spacial score (nSPS) is 11.8. The quantitative estimate of drug-likeness (QED) is 0.436. The molecule has 6 nitrogen and oxygen atoms in total. The molecule has 0 fully saturated rings. The van der Waals surface area contributed by atoms with Crippen molar-refractivity contribution in [1.82, 2.24) is 10.6 Å². The molecule has 0 radical (unpaired) electrons. The maximum atomic E-state index is 12.7. The van der Waals surface area contributed by atoms with Gasteiger partial charge in [0.2, 0.25) is 17.7 Å². The molecule has 0 aliphatic rings. The lowest BCUT2D eigenvalue weighted by Crippen LogP contribution is -2.51. The van der Waals surface area contributed by atoms with E-state index >= 15 is 0 Å². The SMILES string of the molecule is CC(C)[C@H](NC(=O)Cc1cccc2ccccc12)C(=O)NCC(=O)Nc1cc(Cl)ccc1Cl. The van der Waals surface area contributed by atoms with E-state index in [4.69, 9.17) is 23.2 Å². The summed E-state index contributed by atoms with van der Waals surface area (Å²) in [4.78, 5) is 37.7. The highest BCUT2D eigenvalue weighted by molar-refractivity contribution is 6.35. The summed E-state index contributed by atoms with van der Waals surface area (Å²) in [5, 5.41) is 10.8. The van der Waals surface area contributed by atoms with Crippen LogP contribution in [-0.2, 0) is 20.8 Å². The van der Waals surface area contributed by atoms with E-state index in [2.05, 4.69) is 16.0 Å². The summed E-state index contributed by atoms with van der Waals surface area (Å²) >= 11 is 12.0. The Morgan fingerprint density at radius 1 is 0.909 bits per heavy atom. The number of halogens is 2. The van der Waals surface area contributed by atoms with Crippen LogP contribution in [0, 0.1) is 5.92 Å². The Hall–Kier alpha value is -3.09. The van der Waals surface area contributed by atoms with Crippen molar-refractivity contribution in [2.24, 2.45) is 5.92 Å². The number of rotatable bonds is 8. The van der Waals surface area contributed by atoms with E-state index < -0.39 is 17.9 Å². The van der Waals surface area contributed by atoms with Gasteiger partial charge < -0.3 is 16.0 Å². The largest absolute Gasteiger partial charge is 0.345 e. The first-order valence-corrected chi connectivity index (χ1v) is 11.3. The van der Waals surface area contributed by atoms with Crippen molar-refractivity contribution in [2.75, 3.05) is 11.9 Å². The van der Waals surface area contributed by atoms with Crippen molar-refractivity contribution in [2.45, 2.75) is 26.3 Å². The molecule has 8 heteroatoms. The van der Waals surface area contributed by atoms with Crippen molar-refractivity contribution < 1.29 is 14.4 Å². The minimum absolute atomic E-state index is 0.144. The second kappa shape index (κ2) is 11.2. The Morgan fingerprint density at radius 3 is 2.39 bits per heavy atom. The highest BCUT2D eigenvalue weighted by Gasteiger charge is 2.25. The lowest BCUT2D eigenvalue weighted by Gasteiger charge is -2.22. The van der Waals surface area contributed by atoms with E-state index in [0.717, 1.165) is 16.3 Å². The Balaban J connectivity index is 1.58. The fraction of sp³-hybridized carbons (Fsp3) is 0.240. The molecule has 1 atom stereocenters. The van der Waals surface area contributed by atoms with Gasteiger partial charge in [0, 0.05) is 5.02 Å². The van der Waals surface area contributed by atoms with Crippen molar-refractivity contribution in [3.05, 3.63) is 76.3 Å². The molecule has 3 aromatic carbocycles. The van der Waals surface area contributed by atoms with E-state index in [1.54, 1.807) is 12.1 Å². The highest BCUT2D eigenvalue weighted by Crippen LogP contribution is 2.25. The second-order valence-corrected chi connectivity index (χ2v) is 8.84. The van der Waals surface area contributed by atoms with Gasteiger partial charge in [-0.15, -0.1) is 0 Å². The first-order valence-electron chi connectivity index (χ1n) is 10.5. The topological polar surface area (TPSA) is 87.3 Å². The molecule has 3 aromatic rings. The van der Waals surface area contributed by atoms with Crippen molar-refractivity contribution in [3.63, 3.8) is 0 Å². The van der Waals surface area contributed by atoms with Crippen molar-refractivity contribution >= 4 is 57.4 Å². The molecule has 0 saturated heterocycles. The third kappa shape index (κ3) is 6.70. The third-order valence-electron chi connectivity index (χ3n) is 5.12. The van der Waals surface area contributed by atoms with Gasteiger partial charge in [-0.1, -0.05) is 79.5 Å². The first kappa shape index (κ1) is 24.6. The number of carbonyl (C=O) groups excluding carboxylic acids is 3. The number of nitrogens with one attached hydrogen (secondary N) is 3. The third-order valence-corrected chi connectivity index (χ3v) is 5.69. The molecule has 0 saturated carbocycles. The lowest BCUT2D eigenvalue weighted by atomic mass is 10.0. The van der Waals surface area contributed by atoms with Gasteiger partial charge in [-0.2, -0.15) is 0 Å². The second-order valence-electron chi connectivity index (χ2n) is 7.99. The van der Waals surface area contributed by atoms with Gasteiger partial charge in [-0.3, -0.25) is 14.4 Å². The summed E-state index contributed by atoms with van der Waals surface area (Å²) in [6, 6.07) is 17.5. The van der Waals surface area contributed by atoms with Crippen LogP contribution >= 0.6 is 23.2 Å². The minimum atomic E-state index is -0.782. The van der Waals surface area contributed by atoms with Gasteiger partial charge in [0.15, 0.2) is 0 Å². The van der Waals surface area contributed by atoms with Crippen LogP contribution in [0.5, 0.6) is 0 Å². The highest BCUT2D eigenvalue weighted by atomic mass is 35.5. The van der Waals surface area contributed by atoms with Crippen molar-refractivity contribution in [3.8, 4) is 0 Å². The Kier molecular flexibility index (Phi) is 8.31. The summed E-state index contributed by atoms with van der Waals surface area (Å²) in [7, 11) is 0. The zero-order chi connectivity index (χ0) is 24.0. The zero-order valence-corrected chi connectivity index (χ0v) is 19.8. The fourth-order valence-electron chi connectivity index (χ4n) is 3.44. The van der Waals surface area contributed by atoms with Crippen molar-refractivity contribution in [1.29, 1.82) is 0 Å². The number of amides is 3. The van der Waals surface area contributed by atoms with E-state index in [1.807, 2.05) is 56.3 Å². The van der Waals surface area contributed by atoms with Crippen LogP contribution < -0.4 is 16.0 Å². The summed E-state index contributed by atoms with van der Waals surface area (Å²) < 4.78 is 0. The van der Waals surface area contributed by atoms with Crippen LogP contribution in [0.15, 0.2) is 60.7 Å². The standard InChI is InChI=1S/C25H25Cl2N3O3/c1-15(2)24(25(33)28-14-23(32)29-21-13-18(26)10-11-20(21)27)30-22(31)12-17-8-5-7-16-6-3-4-9-19(16)17/h3-11,13,15,24H,12,14H2,1-2H3,(H,28,33)(H,29,32)(H,30,31)/t24-/m0/s1. The van der Waals surface area contributed by atoms with E-state index in [1.165, 1.54) is 6.07 Å². The van der Waals surface area contributed by atoms with E-state index in [0.29, 0.717) is 15.7 Å². The fourth-order valence-corrected chi connectivity index (χ4v) is 3.78. The molecule has 0 bridgehead atoms. The van der Waals surface area contributed by atoms with Crippen LogP contribution in [0.1, 0.15) is 19.4 Å². The van der Waals surface area contributed by atoms with Gasteiger partial charge in [-0.25, -0.2) is 0 Å². The molecular weight excluding hydrogens is 461 g/mol. The zero-order valence-electron chi connectivity index (χ0n) is 18.3. The maximum Gasteiger partial charge on any atom is 0.243 e. The first-order chi connectivity index (χ1) is 15.7. The minimum Gasteiger partial charge on any atom is -0.345 e. The molecule has 172 valence electrons. The average molecular weight is 486 g/mol. The predicted octanol–water partition coefficient (Wildman–Crippen LogP) is 4.58. The summed E-state index contributed by atoms with van der Waals surface area (Å²) in [6.45, 7) is 3.38. The predicted molar refractivity (Wildman–Crippen MR) is 133 cm³/mol. The summed E-state index contributed by atoms with van der Waals surface area (Å²) in [5.74, 6) is -1.34. The smallest absolute Gasteiger partial charge is 0.243 e. The van der Waals surface area contributed by atoms with Gasteiger partial charge in [0.25, 0.3) is 0 Å². The Labute approximate surface area is 202 Å². The molecule has 0 heterocycles. The Bertz CT molecular complexity index is 1180. The average Bonchev–Trinajstić information content (AvgIpc) is 2.78. The van der Waals surface area contributed by atoms with Crippen LogP contribution in [0.25, 0.3) is 10.8 Å². The molecule has 3 N–H and O–H groups in total. The number of hydrogen-bond acceptors (Lipinski definition) is 3. The lowest BCUT2D eigenvalue weighted by molar-refractivity contribution is -0.130. The monoisotopic (exact) mass is 485 g/mol. The van der Waals surface area contributed by atoms with E-state index in [-0.39, 0.29) is 24.8 Å². The van der Waals surface area contributed by atoms with Gasteiger partial charge in [0.1, 0.15) is 6.04 Å². The summed E-state index contributed by atoms with van der Waals surface area (Å²) in [6.07, 6.45) is 0.144. The molecule has 0 spiro atoms. The van der Waals surface area contributed by atoms with Crippen LogP contribution in [0.2, 0.25) is 10.0 Å². The molecule has 0 aliphatic carbocycles. The number of benzene rings is 3. The molecule has 0 aliphatic heterocycles. The number of hydrogen-bond donors (Lipinski definition) is 3. The maximum absolute atomic E-state index is 12.7. The molecule has 0 unspecified atom stereocenters. The van der Waals surface area contributed by atoms with Gasteiger partial charge in [-0.05, 0) is 40.5 Å². The number of anilines is 1. The molecule has 3 rings (SSSR count). The van der Waals surface area contributed by atoms with Crippen LogP contribution in [0.3, 0.4) is 0 Å². The molecular formula is C25H25Cl2N3O3. The number of fused-ring (bicyclic) bond motifs is 1. The van der Waals surface area contributed by atoms with Gasteiger partial charge in [0.05, 0.1) is 23.7 Å². The molecule has 3 amide bonds. The number of carbonyl (C=O) groups is 3. The Morgan fingerprint density at radius 2 is 1.64 bits per heavy atom. The molecule has 33 heavy (non-hydrogen) atoms. The van der Waals surface area contributed by atoms with Gasteiger partial charge >= 0.3 is 0 Å². The van der Waals surface area contributed by atoms with Crippen LogP contribution in [-0.4, -0.2) is 30.3 Å². The van der Waals surface area contributed by atoms with E-state index in [9.17, 15) is 14.4 Å². The van der Waals surface area contributed by atoms with Crippen LogP contribution in [0.4, 0.5) is 5.69 Å². The summed E-state index contributed by atoms with van der Waals surface area (Å²) in [5.41, 5.74) is 1.23. The molecule has 0 aromatic heterocycles.